The van der Waals surface area contributed by atoms with Crippen molar-refractivity contribution in [1.29, 1.82) is 0 Å². The molecular weight excluding hydrogens is 220 g/mol. The Kier molecular flexibility index (Phi) is 7.16. The highest BCUT2D eigenvalue weighted by Crippen LogP contribution is 2.05. The molecule has 100 valence electrons. The summed E-state index contributed by atoms with van der Waals surface area (Å²) < 4.78 is 0. The fraction of sp³-hybridized carbons (Fsp3) is 0.917. The van der Waals surface area contributed by atoms with Gasteiger partial charge in [0.15, 0.2) is 0 Å². The van der Waals surface area contributed by atoms with E-state index in [0.29, 0.717) is 0 Å². The quantitative estimate of drug-likeness (QED) is 0.628. The second kappa shape index (κ2) is 8.44. The molecule has 1 aliphatic heterocycles. The number of hydrogen-bond acceptors (Lipinski definition) is 4. The highest BCUT2D eigenvalue weighted by atomic mass is 16.4. The average molecular weight is 244 g/mol. The molecule has 1 heterocycles. The zero-order chi connectivity index (χ0) is 12.5. The molecule has 5 nitrogen and oxygen atoms in total. The molecule has 1 fully saturated rings. The van der Waals surface area contributed by atoms with Gasteiger partial charge >= 0.3 is 5.97 Å². The number of rotatable bonds is 7. The molecule has 0 aromatic carbocycles. The van der Waals surface area contributed by atoms with Gasteiger partial charge in [-0.3, -0.25) is 9.69 Å². The number of aliphatic hydroxyl groups is 1. The topological polar surface area (TPSA) is 64.0 Å². The van der Waals surface area contributed by atoms with E-state index >= 15 is 0 Å². The summed E-state index contributed by atoms with van der Waals surface area (Å²) in [5.41, 5.74) is 0. The molecule has 0 atom stereocenters. The lowest BCUT2D eigenvalue weighted by Crippen LogP contribution is -2.34. The molecule has 1 aliphatic rings. The molecule has 0 aromatic rings. The van der Waals surface area contributed by atoms with Crippen LogP contribution in [-0.2, 0) is 4.79 Å². The zero-order valence-corrected chi connectivity index (χ0v) is 10.5. The minimum absolute atomic E-state index is 0.165. The number of aliphatic hydroxyl groups excluding tert-OH is 1. The maximum absolute atomic E-state index is 10.6. The lowest BCUT2D eigenvalue weighted by Gasteiger charge is -2.20. The standard InChI is InChI=1S/C12H24N2O3/c15-10-3-1-2-5-13-6-4-7-14(9-8-13)11-12(16)17/h15H,1-11H2,(H,16,17). The van der Waals surface area contributed by atoms with Crippen molar-refractivity contribution in [2.24, 2.45) is 0 Å². The average Bonchev–Trinajstić information content (AvgIpc) is 2.50. The van der Waals surface area contributed by atoms with Crippen molar-refractivity contribution in [3.63, 3.8) is 0 Å². The Labute approximate surface area is 103 Å². The van der Waals surface area contributed by atoms with Gasteiger partial charge < -0.3 is 15.1 Å². The Morgan fingerprint density at radius 1 is 1.00 bits per heavy atom. The number of carboxylic acid groups (broad SMARTS) is 1. The van der Waals surface area contributed by atoms with E-state index in [1.54, 1.807) is 0 Å². The van der Waals surface area contributed by atoms with E-state index in [9.17, 15) is 4.79 Å². The molecular formula is C12H24N2O3. The van der Waals surface area contributed by atoms with Crippen molar-refractivity contribution in [2.75, 3.05) is 45.9 Å². The Balaban J connectivity index is 2.16. The van der Waals surface area contributed by atoms with Crippen LogP contribution in [-0.4, -0.2) is 71.9 Å². The van der Waals surface area contributed by atoms with Crippen LogP contribution in [0, 0.1) is 0 Å². The van der Waals surface area contributed by atoms with Crippen LogP contribution in [0.15, 0.2) is 0 Å². The minimum Gasteiger partial charge on any atom is -0.480 e. The third-order valence-electron chi connectivity index (χ3n) is 3.17. The second-order valence-corrected chi connectivity index (χ2v) is 4.65. The summed E-state index contributed by atoms with van der Waals surface area (Å²) in [6, 6.07) is 0. The van der Waals surface area contributed by atoms with Gasteiger partial charge in [0, 0.05) is 26.2 Å². The highest BCUT2D eigenvalue weighted by Gasteiger charge is 2.15. The van der Waals surface area contributed by atoms with Crippen LogP contribution in [0.25, 0.3) is 0 Å². The zero-order valence-electron chi connectivity index (χ0n) is 10.5. The summed E-state index contributed by atoms with van der Waals surface area (Å²) >= 11 is 0. The highest BCUT2D eigenvalue weighted by molar-refractivity contribution is 5.69. The van der Waals surface area contributed by atoms with E-state index in [2.05, 4.69) is 4.90 Å². The molecule has 0 unspecified atom stereocenters. The minimum atomic E-state index is -0.735. The van der Waals surface area contributed by atoms with E-state index < -0.39 is 5.97 Å². The lowest BCUT2D eigenvalue weighted by molar-refractivity contribution is -0.138. The molecule has 0 aromatic heterocycles. The normalized spacial score (nSPS) is 19.1. The summed E-state index contributed by atoms with van der Waals surface area (Å²) in [7, 11) is 0. The smallest absolute Gasteiger partial charge is 0.317 e. The predicted octanol–water partition coefficient (Wildman–Crippen LogP) is 0.241. The number of carbonyl (C=O) groups is 1. The van der Waals surface area contributed by atoms with E-state index in [-0.39, 0.29) is 13.2 Å². The monoisotopic (exact) mass is 244 g/mol. The van der Waals surface area contributed by atoms with Gasteiger partial charge in [-0.1, -0.05) is 0 Å². The van der Waals surface area contributed by atoms with Crippen molar-refractivity contribution in [3.05, 3.63) is 0 Å². The van der Waals surface area contributed by atoms with Crippen molar-refractivity contribution in [2.45, 2.75) is 25.7 Å². The molecule has 0 radical (unpaired) electrons. The van der Waals surface area contributed by atoms with E-state index in [1.807, 2.05) is 4.90 Å². The third-order valence-corrected chi connectivity index (χ3v) is 3.17. The first-order chi connectivity index (χ1) is 8.22. The molecule has 2 N–H and O–H groups in total. The lowest BCUT2D eigenvalue weighted by atomic mass is 10.2. The second-order valence-electron chi connectivity index (χ2n) is 4.65. The fourth-order valence-corrected chi connectivity index (χ4v) is 2.22. The van der Waals surface area contributed by atoms with Crippen LogP contribution in [0.2, 0.25) is 0 Å². The first kappa shape index (κ1) is 14.4. The van der Waals surface area contributed by atoms with Crippen LogP contribution in [0.5, 0.6) is 0 Å². The van der Waals surface area contributed by atoms with Gasteiger partial charge in [-0.2, -0.15) is 0 Å². The van der Waals surface area contributed by atoms with Crippen molar-refractivity contribution >= 4 is 5.97 Å². The van der Waals surface area contributed by atoms with Crippen LogP contribution in [0.4, 0.5) is 0 Å². The molecule has 1 rings (SSSR count). The predicted molar refractivity (Wildman–Crippen MR) is 66.1 cm³/mol. The van der Waals surface area contributed by atoms with E-state index in [4.69, 9.17) is 10.2 Å². The van der Waals surface area contributed by atoms with Gasteiger partial charge in [0.05, 0.1) is 6.54 Å². The van der Waals surface area contributed by atoms with Gasteiger partial charge in [-0.15, -0.1) is 0 Å². The summed E-state index contributed by atoms with van der Waals surface area (Å²) in [5.74, 6) is -0.735. The number of aliphatic carboxylic acids is 1. The Morgan fingerprint density at radius 2 is 1.71 bits per heavy atom. The third kappa shape index (κ3) is 6.61. The van der Waals surface area contributed by atoms with Crippen LogP contribution < -0.4 is 0 Å². The Hall–Kier alpha value is -0.650. The largest absolute Gasteiger partial charge is 0.480 e. The summed E-state index contributed by atoms with van der Waals surface area (Å²) in [5, 5.41) is 17.4. The SMILES string of the molecule is O=C(O)CN1CCCN(CCCCCO)CC1. The number of hydrogen-bond donors (Lipinski definition) is 2. The molecule has 0 bridgehead atoms. The summed E-state index contributed by atoms with van der Waals surface area (Å²) in [6.45, 7) is 5.29. The van der Waals surface area contributed by atoms with Crippen molar-refractivity contribution in [3.8, 4) is 0 Å². The maximum Gasteiger partial charge on any atom is 0.317 e. The Bertz CT molecular complexity index is 224. The molecule has 0 spiro atoms. The van der Waals surface area contributed by atoms with Gasteiger partial charge in [-0.05, 0) is 38.8 Å². The number of carboxylic acids is 1. The molecule has 1 saturated heterocycles. The van der Waals surface area contributed by atoms with Gasteiger partial charge in [0.25, 0.3) is 0 Å². The first-order valence-electron chi connectivity index (χ1n) is 6.49. The van der Waals surface area contributed by atoms with Gasteiger partial charge in [-0.25, -0.2) is 0 Å². The van der Waals surface area contributed by atoms with Crippen molar-refractivity contribution < 1.29 is 15.0 Å². The molecule has 0 aliphatic carbocycles. The van der Waals surface area contributed by atoms with Crippen LogP contribution in [0.3, 0.4) is 0 Å². The maximum atomic E-state index is 10.6. The Morgan fingerprint density at radius 3 is 2.41 bits per heavy atom. The number of unbranched alkanes of at least 4 members (excludes halogenated alkanes) is 2. The molecule has 0 saturated carbocycles. The summed E-state index contributed by atoms with van der Waals surface area (Å²) in [6.07, 6.45) is 4.14. The van der Waals surface area contributed by atoms with Crippen LogP contribution in [0.1, 0.15) is 25.7 Å². The molecule has 5 heteroatoms. The molecule has 0 amide bonds. The van der Waals surface area contributed by atoms with E-state index in [0.717, 1.165) is 58.4 Å². The van der Waals surface area contributed by atoms with Gasteiger partial charge in [0.1, 0.15) is 0 Å². The molecule has 17 heavy (non-hydrogen) atoms. The van der Waals surface area contributed by atoms with Gasteiger partial charge in [0.2, 0.25) is 0 Å². The van der Waals surface area contributed by atoms with Crippen LogP contribution >= 0.6 is 0 Å². The van der Waals surface area contributed by atoms with E-state index in [1.165, 1.54) is 0 Å². The summed E-state index contributed by atoms with van der Waals surface area (Å²) in [4.78, 5) is 15.0. The first-order valence-corrected chi connectivity index (χ1v) is 6.49. The number of nitrogens with zero attached hydrogens (tertiary/aromatic N) is 2. The van der Waals surface area contributed by atoms with Crippen molar-refractivity contribution in [1.82, 2.24) is 9.80 Å². The fourth-order valence-electron chi connectivity index (χ4n) is 2.22.